The standard InChI is InChI=1S/C13H20I2N4O3/c1-7(20)10-3-8(14)5-18(10)12(21)11-4-9(15)6-19(11)13(22)17-16-2/h8-11,16H,3-6H2,1-2H3,(H,17,22)/t8?,9?,10-,11+/m0/s1. The van der Waals surface area contributed by atoms with Crippen molar-refractivity contribution in [1.29, 1.82) is 0 Å². The minimum absolute atomic E-state index is 0.0164. The van der Waals surface area contributed by atoms with Crippen molar-refractivity contribution in [2.24, 2.45) is 0 Å². The van der Waals surface area contributed by atoms with E-state index in [1.54, 1.807) is 16.8 Å². The SMILES string of the molecule is CNNC(=O)N1CC(I)C[C@@H]1C(=O)N1CC(I)C[C@H]1C(C)=O. The number of hydrogen-bond donors (Lipinski definition) is 2. The molecule has 0 bridgehead atoms. The number of likely N-dealkylation sites (tertiary alicyclic amines) is 2. The number of ketones is 1. The minimum atomic E-state index is -0.487. The highest BCUT2D eigenvalue weighted by molar-refractivity contribution is 14.1. The lowest BCUT2D eigenvalue weighted by atomic mass is 10.1. The Bertz CT molecular complexity index is 476. The lowest BCUT2D eigenvalue weighted by Crippen LogP contribution is -2.54. The van der Waals surface area contributed by atoms with Crippen molar-refractivity contribution in [3.8, 4) is 0 Å². The van der Waals surface area contributed by atoms with E-state index < -0.39 is 6.04 Å². The van der Waals surface area contributed by atoms with E-state index in [9.17, 15) is 14.4 Å². The summed E-state index contributed by atoms with van der Waals surface area (Å²) in [4.78, 5) is 40.0. The van der Waals surface area contributed by atoms with Crippen LogP contribution in [0.2, 0.25) is 0 Å². The largest absolute Gasteiger partial charge is 0.332 e. The molecule has 2 aliphatic rings. The van der Waals surface area contributed by atoms with Crippen molar-refractivity contribution >= 4 is 62.9 Å². The van der Waals surface area contributed by atoms with Gasteiger partial charge in [-0.1, -0.05) is 45.2 Å². The summed E-state index contributed by atoms with van der Waals surface area (Å²) in [6.45, 7) is 2.64. The number of nitrogens with one attached hydrogen (secondary N) is 2. The molecule has 4 atom stereocenters. The number of amides is 3. The molecule has 124 valence electrons. The van der Waals surface area contributed by atoms with Crippen LogP contribution in [0.25, 0.3) is 0 Å². The van der Waals surface area contributed by atoms with Gasteiger partial charge in [0.2, 0.25) is 5.91 Å². The van der Waals surface area contributed by atoms with Gasteiger partial charge in [0.15, 0.2) is 5.78 Å². The third-order valence-electron chi connectivity index (χ3n) is 4.03. The van der Waals surface area contributed by atoms with Crippen LogP contribution in [0.4, 0.5) is 4.79 Å². The number of nitrogens with zero attached hydrogens (tertiary/aromatic N) is 2. The van der Waals surface area contributed by atoms with Crippen LogP contribution in [0.1, 0.15) is 19.8 Å². The molecule has 0 radical (unpaired) electrons. The summed E-state index contributed by atoms with van der Waals surface area (Å²) in [6, 6.07) is -1.14. The molecule has 2 N–H and O–H groups in total. The number of rotatable bonds is 3. The maximum Gasteiger partial charge on any atom is 0.332 e. The Hall–Kier alpha value is -0.170. The van der Waals surface area contributed by atoms with E-state index in [4.69, 9.17) is 0 Å². The van der Waals surface area contributed by atoms with Crippen LogP contribution in [0.15, 0.2) is 0 Å². The van der Waals surface area contributed by atoms with E-state index in [1.807, 2.05) is 0 Å². The third-order valence-corrected chi connectivity index (χ3v) is 5.84. The molecule has 7 nitrogen and oxygen atoms in total. The molecule has 0 spiro atoms. The van der Waals surface area contributed by atoms with E-state index in [2.05, 4.69) is 56.0 Å². The van der Waals surface area contributed by atoms with Crippen LogP contribution in [0.3, 0.4) is 0 Å². The molecule has 2 saturated heterocycles. The second kappa shape index (κ2) is 7.60. The Morgan fingerprint density at radius 3 is 2.09 bits per heavy atom. The minimum Gasteiger partial charge on any atom is -0.330 e. The molecule has 2 unspecified atom stereocenters. The van der Waals surface area contributed by atoms with Crippen LogP contribution in [0.5, 0.6) is 0 Å². The van der Waals surface area contributed by atoms with Gasteiger partial charge in [-0.3, -0.25) is 15.0 Å². The van der Waals surface area contributed by atoms with E-state index >= 15 is 0 Å². The highest BCUT2D eigenvalue weighted by Crippen LogP contribution is 2.30. The lowest BCUT2D eigenvalue weighted by Gasteiger charge is -2.30. The molecule has 22 heavy (non-hydrogen) atoms. The monoisotopic (exact) mass is 534 g/mol. The van der Waals surface area contributed by atoms with Crippen molar-refractivity contribution in [2.45, 2.75) is 39.7 Å². The molecule has 3 amide bonds. The van der Waals surface area contributed by atoms with E-state index in [-0.39, 0.29) is 31.6 Å². The number of hydrazine groups is 1. The first-order valence-corrected chi connectivity index (χ1v) is 9.66. The molecule has 9 heteroatoms. The molecule has 0 aromatic rings. The zero-order valence-electron chi connectivity index (χ0n) is 12.5. The predicted molar refractivity (Wildman–Crippen MR) is 99.1 cm³/mol. The molecule has 2 aliphatic heterocycles. The second-order valence-electron chi connectivity index (χ2n) is 5.63. The molecule has 0 aliphatic carbocycles. The average Bonchev–Trinajstić information content (AvgIpc) is 3.01. The van der Waals surface area contributed by atoms with Crippen molar-refractivity contribution in [1.82, 2.24) is 20.7 Å². The maximum atomic E-state index is 12.9. The predicted octanol–water partition coefficient (Wildman–Crippen LogP) is 0.702. The fraction of sp³-hybridized carbons (Fsp3) is 0.769. The summed E-state index contributed by atoms with van der Waals surface area (Å²) in [5.74, 6) is -0.0902. The zero-order chi connectivity index (χ0) is 16.4. The highest BCUT2D eigenvalue weighted by Gasteiger charge is 2.45. The molecule has 2 heterocycles. The lowest BCUT2D eigenvalue weighted by molar-refractivity contribution is -0.140. The maximum absolute atomic E-state index is 12.9. The average molecular weight is 534 g/mol. The van der Waals surface area contributed by atoms with E-state index in [1.165, 1.54) is 6.92 Å². The Morgan fingerprint density at radius 1 is 1.00 bits per heavy atom. The molecule has 0 saturated carbocycles. The first-order valence-electron chi connectivity index (χ1n) is 7.17. The summed E-state index contributed by atoms with van der Waals surface area (Å²) in [6.07, 6.45) is 1.33. The number of hydrogen-bond acceptors (Lipinski definition) is 4. The fourth-order valence-corrected chi connectivity index (χ4v) is 4.84. The van der Waals surface area contributed by atoms with Gasteiger partial charge in [0.05, 0.1) is 6.04 Å². The number of carbonyl (C=O) groups excluding carboxylic acids is 3. The molecular formula is C13H20I2N4O3. The van der Waals surface area contributed by atoms with Gasteiger partial charge in [-0.15, -0.1) is 0 Å². The van der Waals surface area contributed by atoms with Crippen LogP contribution in [-0.2, 0) is 9.59 Å². The quantitative estimate of drug-likeness (QED) is 0.318. The Balaban J connectivity index is 2.15. The van der Waals surface area contributed by atoms with Gasteiger partial charge in [-0.05, 0) is 19.8 Å². The summed E-state index contributed by atoms with van der Waals surface area (Å²) in [5, 5.41) is 0. The fourth-order valence-electron chi connectivity index (χ4n) is 3.03. The number of urea groups is 1. The van der Waals surface area contributed by atoms with Crippen LogP contribution in [-0.4, -0.2) is 67.6 Å². The summed E-state index contributed by atoms with van der Waals surface area (Å²) in [7, 11) is 1.61. The second-order valence-corrected chi connectivity index (χ2v) is 9.15. The third kappa shape index (κ3) is 3.83. The van der Waals surface area contributed by atoms with Crippen LogP contribution >= 0.6 is 45.2 Å². The summed E-state index contributed by atoms with van der Waals surface area (Å²) >= 11 is 4.54. The van der Waals surface area contributed by atoms with Gasteiger partial charge in [-0.25, -0.2) is 10.2 Å². The van der Waals surface area contributed by atoms with E-state index in [0.717, 1.165) is 0 Å². The smallest absolute Gasteiger partial charge is 0.330 e. The molecule has 2 fully saturated rings. The van der Waals surface area contributed by atoms with Crippen molar-refractivity contribution in [2.75, 3.05) is 20.1 Å². The Morgan fingerprint density at radius 2 is 1.55 bits per heavy atom. The highest BCUT2D eigenvalue weighted by atomic mass is 127. The molecule has 2 rings (SSSR count). The van der Waals surface area contributed by atoms with Crippen LogP contribution in [0, 0.1) is 0 Å². The van der Waals surface area contributed by atoms with Crippen molar-refractivity contribution in [3.63, 3.8) is 0 Å². The van der Waals surface area contributed by atoms with Crippen molar-refractivity contribution in [3.05, 3.63) is 0 Å². The molecule has 0 aromatic heterocycles. The van der Waals surface area contributed by atoms with Gasteiger partial charge >= 0.3 is 6.03 Å². The molecule has 0 aromatic carbocycles. The summed E-state index contributed by atoms with van der Waals surface area (Å²) in [5.41, 5.74) is 5.12. The number of alkyl halides is 2. The first-order chi connectivity index (χ1) is 10.3. The zero-order valence-corrected chi connectivity index (χ0v) is 16.8. The van der Waals surface area contributed by atoms with Gasteiger partial charge in [-0.2, -0.15) is 0 Å². The number of Topliss-reactive ketones (excluding diaryl/α,β-unsaturated/α-hetero) is 1. The Labute approximate surface area is 157 Å². The summed E-state index contributed by atoms with van der Waals surface area (Å²) < 4.78 is 0.523. The Kier molecular flexibility index (Phi) is 6.28. The number of halogens is 2. The van der Waals surface area contributed by atoms with Gasteiger partial charge in [0.1, 0.15) is 6.04 Å². The first kappa shape index (κ1) is 18.2. The normalized spacial score (nSPS) is 31.5. The van der Waals surface area contributed by atoms with Gasteiger partial charge in [0, 0.05) is 28.0 Å². The topological polar surface area (TPSA) is 81.8 Å². The van der Waals surface area contributed by atoms with Gasteiger partial charge < -0.3 is 9.80 Å². The molecular weight excluding hydrogens is 514 g/mol. The van der Waals surface area contributed by atoms with E-state index in [0.29, 0.717) is 25.9 Å². The van der Waals surface area contributed by atoms with Crippen molar-refractivity contribution < 1.29 is 14.4 Å². The van der Waals surface area contributed by atoms with Gasteiger partial charge in [0.25, 0.3) is 0 Å². The van der Waals surface area contributed by atoms with Crippen LogP contribution < -0.4 is 10.9 Å². The number of carbonyl (C=O) groups is 3.